The summed E-state index contributed by atoms with van der Waals surface area (Å²) < 4.78 is 1.85. The fourth-order valence-electron chi connectivity index (χ4n) is 3.79. The van der Waals surface area contributed by atoms with Gasteiger partial charge in [0.1, 0.15) is 17.6 Å². The number of anilines is 2. The molecule has 1 fully saturated rings. The quantitative estimate of drug-likeness (QED) is 0.712. The molecule has 0 radical (unpaired) electrons. The molecule has 0 spiro atoms. The van der Waals surface area contributed by atoms with Gasteiger partial charge in [-0.05, 0) is 43.7 Å². The molecule has 29 heavy (non-hydrogen) atoms. The van der Waals surface area contributed by atoms with E-state index in [0.29, 0.717) is 16.3 Å². The molecule has 0 aliphatic carbocycles. The van der Waals surface area contributed by atoms with E-state index in [9.17, 15) is 9.59 Å². The van der Waals surface area contributed by atoms with Crippen molar-refractivity contribution in [2.75, 3.05) is 23.3 Å². The van der Waals surface area contributed by atoms with Gasteiger partial charge in [0, 0.05) is 18.8 Å². The molecule has 1 saturated heterocycles. The van der Waals surface area contributed by atoms with Crippen LogP contribution in [0.1, 0.15) is 30.9 Å². The zero-order chi connectivity index (χ0) is 20.5. The first-order valence-electron chi connectivity index (χ1n) is 9.89. The minimum Gasteiger partial charge on any atom is -0.348 e. The minimum atomic E-state index is -0.250. The molecule has 3 aromatic rings. The highest BCUT2D eigenvalue weighted by molar-refractivity contribution is 7.22. The van der Waals surface area contributed by atoms with Crippen molar-refractivity contribution in [1.82, 2.24) is 14.5 Å². The molecule has 1 aromatic carbocycles. The van der Waals surface area contributed by atoms with Gasteiger partial charge in [-0.25, -0.2) is 4.98 Å². The van der Waals surface area contributed by atoms with Crippen LogP contribution in [0.4, 0.5) is 10.8 Å². The number of para-hydroxylation sites is 1. The molecule has 8 heteroatoms. The molecule has 1 aliphatic rings. The summed E-state index contributed by atoms with van der Waals surface area (Å²) in [5, 5.41) is 3.76. The summed E-state index contributed by atoms with van der Waals surface area (Å²) in [6, 6.07) is 5.85. The summed E-state index contributed by atoms with van der Waals surface area (Å²) in [5.74, 6) is 0.370. The van der Waals surface area contributed by atoms with Crippen LogP contribution in [-0.2, 0) is 11.3 Å². The lowest BCUT2D eigenvalue weighted by molar-refractivity contribution is -0.116. The molecule has 3 heterocycles. The molecular weight excluding hydrogens is 386 g/mol. The lowest BCUT2D eigenvalue weighted by Crippen LogP contribution is -2.34. The Morgan fingerprint density at radius 2 is 2.07 bits per heavy atom. The first-order chi connectivity index (χ1) is 13.9. The van der Waals surface area contributed by atoms with E-state index in [0.717, 1.165) is 41.5 Å². The van der Waals surface area contributed by atoms with Gasteiger partial charge < -0.3 is 10.2 Å². The van der Waals surface area contributed by atoms with Crippen LogP contribution in [0.15, 0.2) is 29.3 Å². The van der Waals surface area contributed by atoms with E-state index in [1.54, 1.807) is 0 Å². The number of fused-ring (bicyclic) bond motifs is 1. The highest BCUT2D eigenvalue weighted by Gasteiger charge is 2.21. The number of piperidine rings is 1. The van der Waals surface area contributed by atoms with Gasteiger partial charge in [0.05, 0.1) is 0 Å². The Morgan fingerprint density at radius 1 is 1.31 bits per heavy atom. The molecule has 1 atom stereocenters. The normalized spacial score (nSPS) is 16.9. The van der Waals surface area contributed by atoms with Crippen LogP contribution < -0.4 is 15.8 Å². The van der Waals surface area contributed by atoms with E-state index in [1.165, 1.54) is 28.7 Å². The van der Waals surface area contributed by atoms with Crippen LogP contribution in [0.25, 0.3) is 10.3 Å². The molecule has 1 aliphatic heterocycles. The van der Waals surface area contributed by atoms with Crippen molar-refractivity contribution in [3.05, 3.63) is 46.0 Å². The van der Waals surface area contributed by atoms with Crippen molar-refractivity contribution in [3.8, 4) is 0 Å². The summed E-state index contributed by atoms with van der Waals surface area (Å²) in [5.41, 5.74) is 3.00. The van der Waals surface area contributed by atoms with E-state index < -0.39 is 0 Å². The Kier molecular flexibility index (Phi) is 5.36. The fraction of sp³-hybridized carbons (Fsp3) is 0.429. The second-order valence-corrected chi connectivity index (χ2v) is 8.81. The van der Waals surface area contributed by atoms with Crippen molar-refractivity contribution >= 4 is 38.4 Å². The number of rotatable bonds is 4. The smallest absolute Gasteiger partial charge is 0.273 e. The maximum Gasteiger partial charge on any atom is 0.273 e. The number of benzene rings is 1. The number of hydrogen-bond acceptors (Lipinski definition) is 6. The van der Waals surface area contributed by atoms with Crippen molar-refractivity contribution in [2.24, 2.45) is 5.92 Å². The van der Waals surface area contributed by atoms with Gasteiger partial charge >= 0.3 is 0 Å². The van der Waals surface area contributed by atoms with Crippen LogP contribution in [-0.4, -0.2) is 33.5 Å². The zero-order valence-electron chi connectivity index (χ0n) is 16.9. The fourth-order valence-corrected chi connectivity index (χ4v) is 4.80. The number of aryl methyl sites for hydroxylation is 2. The highest BCUT2D eigenvalue weighted by Crippen LogP contribution is 2.29. The second-order valence-electron chi connectivity index (χ2n) is 7.84. The van der Waals surface area contributed by atoms with E-state index >= 15 is 0 Å². The van der Waals surface area contributed by atoms with Gasteiger partial charge in [-0.3, -0.25) is 14.2 Å². The standard InChI is InChI=1S/C21H25N5O2S/c1-13-6-5-9-25(10-13)21-24-19-18(29-21)20(28)26(12-22-19)11-16(27)23-17-14(2)7-4-8-15(17)3/h4,7-8,12-13H,5-6,9-11H2,1-3H3,(H,23,27)/t13-/m0/s1. The Hall–Kier alpha value is -2.74. The first-order valence-corrected chi connectivity index (χ1v) is 10.7. The monoisotopic (exact) mass is 411 g/mol. The zero-order valence-corrected chi connectivity index (χ0v) is 17.8. The van der Waals surface area contributed by atoms with E-state index in [-0.39, 0.29) is 18.0 Å². The molecule has 2 aromatic heterocycles. The van der Waals surface area contributed by atoms with Crippen LogP contribution in [0.2, 0.25) is 0 Å². The van der Waals surface area contributed by atoms with E-state index in [4.69, 9.17) is 0 Å². The number of thiazole rings is 1. The predicted molar refractivity (Wildman–Crippen MR) is 117 cm³/mol. The Balaban J connectivity index is 1.56. The minimum absolute atomic E-state index is 0.0798. The average Bonchev–Trinajstić information content (AvgIpc) is 3.12. The molecule has 0 unspecified atom stereocenters. The molecule has 4 rings (SSSR count). The summed E-state index contributed by atoms with van der Waals surface area (Å²) in [6.07, 6.45) is 3.77. The van der Waals surface area contributed by atoms with Gasteiger partial charge in [0.15, 0.2) is 10.8 Å². The highest BCUT2D eigenvalue weighted by atomic mass is 32.1. The van der Waals surface area contributed by atoms with Gasteiger partial charge in [0.2, 0.25) is 5.91 Å². The van der Waals surface area contributed by atoms with Gasteiger partial charge in [-0.2, -0.15) is 4.98 Å². The molecule has 7 nitrogen and oxygen atoms in total. The molecule has 1 N–H and O–H groups in total. The number of carbonyl (C=O) groups excluding carboxylic acids is 1. The van der Waals surface area contributed by atoms with Crippen molar-refractivity contribution in [2.45, 2.75) is 40.2 Å². The largest absolute Gasteiger partial charge is 0.348 e. The summed E-state index contributed by atoms with van der Waals surface area (Å²) in [6.45, 7) is 7.96. The third kappa shape index (κ3) is 4.03. The van der Waals surface area contributed by atoms with Gasteiger partial charge in [-0.15, -0.1) is 0 Å². The van der Waals surface area contributed by atoms with Crippen molar-refractivity contribution < 1.29 is 4.79 Å². The number of carbonyl (C=O) groups is 1. The summed E-state index contributed by atoms with van der Waals surface area (Å²) in [4.78, 5) is 36.6. The second kappa shape index (κ2) is 7.94. The lowest BCUT2D eigenvalue weighted by atomic mass is 10.0. The average molecular weight is 412 g/mol. The Labute approximate surface area is 173 Å². The third-order valence-electron chi connectivity index (χ3n) is 5.36. The third-order valence-corrected chi connectivity index (χ3v) is 6.45. The maximum atomic E-state index is 12.9. The molecule has 152 valence electrons. The van der Waals surface area contributed by atoms with Crippen molar-refractivity contribution in [3.63, 3.8) is 0 Å². The van der Waals surface area contributed by atoms with Crippen LogP contribution in [0.5, 0.6) is 0 Å². The maximum absolute atomic E-state index is 12.9. The summed E-state index contributed by atoms with van der Waals surface area (Å²) >= 11 is 1.37. The first kappa shape index (κ1) is 19.6. The van der Waals surface area contributed by atoms with Crippen LogP contribution in [0.3, 0.4) is 0 Å². The number of nitrogens with one attached hydrogen (secondary N) is 1. The lowest BCUT2D eigenvalue weighted by Gasteiger charge is -2.30. The number of aromatic nitrogens is 3. The summed E-state index contributed by atoms with van der Waals surface area (Å²) in [7, 11) is 0. The SMILES string of the molecule is Cc1cccc(C)c1NC(=O)Cn1cnc2nc(N3CCC[C@H](C)C3)sc2c1=O. The number of hydrogen-bond donors (Lipinski definition) is 1. The number of amides is 1. The van der Waals surface area contributed by atoms with E-state index in [1.807, 2.05) is 32.0 Å². The van der Waals surface area contributed by atoms with Crippen LogP contribution in [0, 0.1) is 19.8 Å². The number of nitrogens with zero attached hydrogens (tertiary/aromatic N) is 4. The van der Waals surface area contributed by atoms with Gasteiger partial charge in [-0.1, -0.05) is 36.5 Å². The van der Waals surface area contributed by atoms with Crippen molar-refractivity contribution in [1.29, 1.82) is 0 Å². The topological polar surface area (TPSA) is 80.1 Å². The van der Waals surface area contributed by atoms with Gasteiger partial charge in [0.25, 0.3) is 5.56 Å². The molecule has 0 saturated carbocycles. The Morgan fingerprint density at radius 3 is 2.79 bits per heavy atom. The van der Waals surface area contributed by atoms with Crippen LogP contribution >= 0.6 is 11.3 Å². The molecule has 0 bridgehead atoms. The van der Waals surface area contributed by atoms with E-state index in [2.05, 4.69) is 27.1 Å². The Bertz CT molecular complexity index is 1100. The molecular formula is C21H25N5O2S. The molecule has 1 amide bonds. The predicted octanol–water partition coefficient (Wildman–Crippen LogP) is 3.34.